The predicted octanol–water partition coefficient (Wildman–Crippen LogP) is 3.97. The van der Waals surface area contributed by atoms with Gasteiger partial charge in [0.1, 0.15) is 11.6 Å². The third kappa shape index (κ3) is 3.75. The first-order valence-electron chi connectivity index (χ1n) is 8.64. The van der Waals surface area contributed by atoms with Crippen molar-refractivity contribution in [3.8, 4) is 11.9 Å². The largest absolute Gasteiger partial charge is 0.494 e. The van der Waals surface area contributed by atoms with Crippen LogP contribution in [0.5, 0.6) is 5.88 Å². The maximum Gasteiger partial charge on any atom is 0.271 e. The molecule has 3 rings (SSSR count). The van der Waals surface area contributed by atoms with E-state index in [0.717, 1.165) is 14.6 Å². The smallest absolute Gasteiger partial charge is 0.271 e. The number of nitrogens with zero attached hydrogens (tertiary/aromatic N) is 2. The van der Waals surface area contributed by atoms with Crippen LogP contribution in [0.3, 0.4) is 0 Å². The minimum Gasteiger partial charge on any atom is -0.494 e. The van der Waals surface area contributed by atoms with Crippen LogP contribution in [0.1, 0.15) is 32.6 Å². The third-order valence-corrected chi connectivity index (χ3v) is 5.13. The molecule has 0 unspecified atom stereocenters. The highest BCUT2D eigenvalue weighted by Crippen LogP contribution is 2.25. The van der Waals surface area contributed by atoms with Crippen LogP contribution >= 0.6 is 15.9 Å². The lowest BCUT2D eigenvalue weighted by Crippen LogP contribution is -2.27. The first-order valence-corrected chi connectivity index (χ1v) is 9.44. The molecule has 28 heavy (non-hydrogen) atoms. The number of ketones is 1. The molecule has 1 N–H and O–H groups in total. The Morgan fingerprint density at radius 1 is 1.14 bits per heavy atom. The van der Waals surface area contributed by atoms with Crippen LogP contribution in [0.4, 0.5) is 0 Å². The quantitative estimate of drug-likeness (QED) is 0.613. The van der Waals surface area contributed by atoms with Crippen molar-refractivity contribution in [2.24, 2.45) is 0 Å². The minimum atomic E-state index is -0.596. The Balaban J connectivity index is 2.09. The summed E-state index contributed by atoms with van der Waals surface area (Å²) in [5.41, 5.74) is 0.778. The molecule has 5 nitrogen and oxygen atoms in total. The number of rotatable bonds is 5. The minimum absolute atomic E-state index is 0.0217. The van der Waals surface area contributed by atoms with Crippen LogP contribution in [0.2, 0.25) is 0 Å². The van der Waals surface area contributed by atoms with E-state index in [9.17, 15) is 20.0 Å². The Hall–Kier alpha value is -3.17. The molecule has 2 aromatic carbocycles. The highest BCUT2D eigenvalue weighted by Gasteiger charge is 2.24. The van der Waals surface area contributed by atoms with E-state index in [-0.39, 0.29) is 23.2 Å². The van der Waals surface area contributed by atoms with Gasteiger partial charge in [-0.1, -0.05) is 46.3 Å². The molecule has 0 aliphatic heterocycles. The maximum atomic E-state index is 13.0. The average molecular weight is 437 g/mol. The topological polar surface area (TPSA) is 83.1 Å². The summed E-state index contributed by atoms with van der Waals surface area (Å²) < 4.78 is 1.92. The van der Waals surface area contributed by atoms with Gasteiger partial charge in [0.05, 0.1) is 5.56 Å². The molecule has 0 saturated heterocycles. The fraction of sp³-hybridized carbons (Fsp3) is 0.136. The van der Waals surface area contributed by atoms with E-state index in [2.05, 4.69) is 15.9 Å². The van der Waals surface area contributed by atoms with Crippen molar-refractivity contribution in [3.05, 3.63) is 97.2 Å². The molecule has 0 radical (unpaired) electrons. The normalized spacial score (nSPS) is 10.5. The molecule has 0 atom stereocenters. The van der Waals surface area contributed by atoms with Crippen LogP contribution in [0, 0.1) is 18.3 Å². The van der Waals surface area contributed by atoms with Crippen molar-refractivity contribution in [1.82, 2.24) is 4.57 Å². The second-order valence-corrected chi connectivity index (χ2v) is 7.25. The zero-order valence-corrected chi connectivity index (χ0v) is 16.7. The first kappa shape index (κ1) is 19.6. The van der Waals surface area contributed by atoms with E-state index in [1.807, 2.05) is 36.4 Å². The van der Waals surface area contributed by atoms with Crippen molar-refractivity contribution in [2.75, 3.05) is 0 Å². The van der Waals surface area contributed by atoms with Crippen LogP contribution in [0.15, 0.2) is 63.9 Å². The lowest BCUT2D eigenvalue weighted by molar-refractivity contribution is 0.103. The molecular formula is C22H17BrN2O3. The zero-order valence-electron chi connectivity index (χ0n) is 15.1. The van der Waals surface area contributed by atoms with E-state index in [1.165, 1.54) is 6.92 Å². The average Bonchev–Trinajstić information content (AvgIpc) is 2.69. The van der Waals surface area contributed by atoms with Gasteiger partial charge >= 0.3 is 0 Å². The van der Waals surface area contributed by atoms with Crippen molar-refractivity contribution < 1.29 is 9.90 Å². The molecule has 140 valence electrons. The molecule has 3 aromatic rings. The molecule has 0 aliphatic carbocycles. The third-order valence-electron chi connectivity index (χ3n) is 4.60. The Morgan fingerprint density at radius 3 is 2.39 bits per heavy atom. The lowest BCUT2D eigenvalue weighted by atomic mass is 9.97. The number of halogens is 1. The Labute approximate surface area is 170 Å². The molecule has 0 aliphatic rings. The number of carbonyl (C=O) groups excluding carboxylic acids is 1. The standard InChI is InChI=1S/C22H17BrN2O3/c1-14-18(13-24)21(27)25(12-11-15-5-3-2-4-6-15)22(28)19(14)20(26)16-7-9-17(23)10-8-16/h2-10,28H,11-12H2,1H3. The summed E-state index contributed by atoms with van der Waals surface area (Å²) in [6, 6.07) is 18.0. The van der Waals surface area contributed by atoms with Crippen LogP contribution in [0.25, 0.3) is 0 Å². The van der Waals surface area contributed by atoms with Crippen molar-refractivity contribution in [2.45, 2.75) is 19.9 Å². The summed E-state index contributed by atoms with van der Waals surface area (Å²) in [5, 5.41) is 20.2. The fourth-order valence-corrected chi connectivity index (χ4v) is 3.33. The van der Waals surface area contributed by atoms with E-state index in [1.54, 1.807) is 24.3 Å². The monoisotopic (exact) mass is 436 g/mol. The number of pyridine rings is 1. The van der Waals surface area contributed by atoms with Gasteiger partial charge in [-0.25, -0.2) is 0 Å². The highest BCUT2D eigenvalue weighted by molar-refractivity contribution is 9.10. The number of nitriles is 1. The zero-order chi connectivity index (χ0) is 20.3. The summed E-state index contributed by atoms with van der Waals surface area (Å²) in [6.07, 6.45) is 0.480. The molecule has 1 aromatic heterocycles. The number of hydrogen-bond donors (Lipinski definition) is 1. The van der Waals surface area contributed by atoms with Gasteiger partial charge in [0.2, 0.25) is 5.88 Å². The molecule has 0 saturated carbocycles. The van der Waals surface area contributed by atoms with Crippen molar-refractivity contribution in [3.63, 3.8) is 0 Å². The summed E-state index contributed by atoms with van der Waals surface area (Å²) in [7, 11) is 0. The van der Waals surface area contributed by atoms with Crippen molar-refractivity contribution >= 4 is 21.7 Å². The number of carbonyl (C=O) groups is 1. The lowest BCUT2D eigenvalue weighted by Gasteiger charge is -2.15. The Bertz CT molecular complexity index is 1130. The molecular weight excluding hydrogens is 420 g/mol. The molecule has 0 amide bonds. The van der Waals surface area contributed by atoms with Gasteiger partial charge in [-0.3, -0.25) is 14.2 Å². The number of aromatic hydroxyl groups is 1. The SMILES string of the molecule is Cc1c(C(=O)c2ccc(Br)cc2)c(O)n(CCc2ccccc2)c(=O)c1C#N. The van der Waals surface area contributed by atoms with Gasteiger partial charge in [0.15, 0.2) is 5.78 Å². The van der Waals surface area contributed by atoms with Gasteiger partial charge in [-0.05, 0) is 48.7 Å². The molecule has 6 heteroatoms. The first-order chi connectivity index (χ1) is 13.4. The van der Waals surface area contributed by atoms with Crippen LogP contribution in [-0.2, 0) is 13.0 Å². The summed E-state index contributed by atoms with van der Waals surface area (Å²) in [4.78, 5) is 25.7. The van der Waals surface area contributed by atoms with Crippen molar-refractivity contribution in [1.29, 1.82) is 5.26 Å². The summed E-state index contributed by atoms with van der Waals surface area (Å²) >= 11 is 3.32. The van der Waals surface area contributed by atoms with Gasteiger partial charge in [-0.15, -0.1) is 0 Å². The fourth-order valence-electron chi connectivity index (χ4n) is 3.06. The van der Waals surface area contributed by atoms with E-state index >= 15 is 0 Å². The second kappa shape index (κ2) is 8.24. The number of hydrogen-bond acceptors (Lipinski definition) is 4. The number of benzene rings is 2. The Morgan fingerprint density at radius 2 is 1.79 bits per heavy atom. The molecule has 0 bridgehead atoms. The molecule has 0 spiro atoms. The van der Waals surface area contributed by atoms with Gasteiger partial charge in [0.25, 0.3) is 5.56 Å². The molecule has 0 fully saturated rings. The number of aromatic nitrogens is 1. The van der Waals surface area contributed by atoms with E-state index in [4.69, 9.17) is 0 Å². The second-order valence-electron chi connectivity index (χ2n) is 6.34. The summed E-state index contributed by atoms with van der Waals surface area (Å²) in [5.74, 6) is -0.849. The van der Waals surface area contributed by atoms with Gasteiger partial charge in [0, 0.05) is 16.6 Å². The van der Waals surface area contributed by atoms with Crippen LogP contribution < -0.4 is 5.56 Å². The molecule has 1 heterocycles. The van der Waals surface area contributed by atoms with Gasteiger partial charge < -0.3 is 5.11 Å². The Kier molecular flexibility index (Phi) is 5.76. The highest BCUT2D eigenvalue weighted by atomic mass is 79.9. The summed E-state index contributed by atoms with van der Waals surface area (Å²) in [6.45, 7) is 1.66. The van der Waals surface area contributed by atoms with Gasteiger partial charge in [-0.2, -0.15) is 5.26 Å². The maximum absolute atomic E-state index is 13.0. The van der Waals surface area contributed by atoms with E-state index in [0.29, 0.717) is 12.0 Å². The number of aryl methyl sites for hydroxylation is 1. The predicted molar refractivity (Wildman–Crippen MR) is 110 cm³/mol. The van der Waals surface area contributed by atoms with Crippen LogP contribution in [-0.4, -0.2) is 15.5 Å². The van der Waals surface area contributed by atoms with E-state index < -0.39 is 17.2 Å².